The minimum Gasteiger partial charge on any atom is -0.459 e. The van der Waals surface area contributed by atoms with Crippen molar-refractivity contribution in [2.75, 3.05) is 23.9 Å². The number of ketones is 1. The zero-order valence-electron chi connectivity index (χ0n) is 30.3. The molecular formula is C44H40N4O2UV. The van der Waals surface area contributed by atoms with Gasteiger partial charge in [0.1, 0.15) is 17.1 Å². The average Bonchev–Trinajstić information content (AvgIpc) is 3.43. The molecule has 1 aliphatic carbocycles. The molecule has 1 unspecified atom stereocenters. The van der Waals surface area contributed by atoms with Crippen LogP contribution < -0.4 is 14.5 Å². The first kappa shape index (κ1) is 37.6. The number of rotatable bonds is 1. The van der Waals surface area contributed by atoms with E-state index in [9.17, 15) is 4.79 Å². The zero-order valence-corrected chi connectivity index (χ0v) is 35.8. The van der Waals surface area contributed by atoms with Gasteiger partial charge in [0.15, 0.2) is 0 Å². The maximum atomic E-state index is 12.4. The van der Waals surface area contributed by atoms with E-state index in [0.29, 0.717) is 5.71 Å². The molecule has 0 N–H and O–H groups in total. The summed E-state index contributed by atoms with van der Waals surface area (Å²) >= 11 is 0. The molecule has 9 rings (SSSR count). The number of fused-ring (bicyclic) bond motifs is 6. The normalized spacial score (nSPS) is 21.0. The van der Waals surface area contributed by atoms with Crippen LogP contribution in [0.3, 0.4) is 0 Å². The van der Waals surface area contributed by atoms with Crippen LogP contribution in [0.2, 0.25) is 0 Å². The molecule has 8 heteroatoms. The molecular weight excluding hydrogens is 905 g/mol. The second-order valence-corrected chi connectivity index (χ2v) is 14.4. The van der Waals surface area contributed by atoms with E-state index in [2.05, 4.69) is 117 Å². The number of carbonyl (C=O) groups excluding carboxylic acids is 1. The van der Waals surface area contributed by atoms with Gasteiger partial charge in [-0.3, -0.25) is 14.8 Å². The third-order valence-electron chi connectivity index (χ3n) is 11.0. The number of benzene rings is 5. The molecule has 1 atom stereocenters. The maximum absolute atomic E-state index is 12.4. The first-order valence-corrected chi connectivity index (χ1v) is 17.1. The van der Waals surface area contributed by atoms with E-state index in [1.807, 2.05) is 67.0 Å². The molecule has 0 fully saturated rings. The van der Waals surface area contributed by atoms with Crippen LogP contribution in [0.25, 0.3) is 16.8 Å². The molecule has 5 aromatic rings. The van der Waals surface area contributed by atoms with Crippen molar-refractivity contribution in [2.45, 2.75) is 44.2 Å². The summed E-state index contributed by atoms with van der Waals surface area (Å²) in [6.07, 6.45) is 7.29. The number of hydrogen-bond acceptors (Lipinski definition) is 6. The molecule has 3 aliphatic heterocycles. The van der Waals surface area contributed by atoms with Crippen LogP contribution in [0, 0.1) is 31.1 Å². The Balaban J connectivity index is 0.000000172. The van der Waals surface area contributed by atoms with Crippen molar-refractivity contribution in [1.29, 1.82) is 0 Å². The Morgan fingerprint density at radius 1 is 0.750 bits per heavy atom. The summed E-state index contributed by atoms with van der Waals surface area (Å²) in [5.41, 5.74) is 8.39. The first-order chi connectivity index (χ1) is 24.0. The van der Waals surface area contributed by atoms with Crippen molar-refractivity contribution >= 4 is 51.6 Å². The topological polar surface area (TPSA) is 57.5 Å². The fraction of sp³-hybridized carbons (Fsp3) is 0.205. The van der Waals surface area contributed by atoms with Crippen LogP contribution >= 0.6 is 0 Å². The van der Waals surface area contributed by atoms with Crippen molar-refractivity contribution in [2.24, 2.45) is 9.98 Å². The summed E-state index contributed by atoms with van der Waals surface area (Å²) in [4.78, 5) is 26.3. The van der Waals surface area contributed by atoms with Crippen molar-refractivity contribution in [3.63, 3.8) is 0 Å². The second-order valence-electron chi connectivity index (χ2n) is 14.4. The Morgan fingerprint density at radius 2 is 1.40 bits per heavy atom. The van der Waals surface area contributed by atoms with Crippen LogP contribution in [0.5, 0.6) is 5.75 Å². The summed E-state index contributed by atoms with van der Waals surface area (Å²) < 4.78 is 6.68. The molecule has 0 aromatic heterocycles. The van der Waals surface area contributed by atoms with Gasteiger partial charge in [0.05, 0.1) is 11.6 Å². The molecule has 6 nitrogen and oxygen atoms in total. The number of likely N-dealkylation sites (N-methyl/N-ethyl adjacent to an activating group) is 2. The van der Waals surface area contributed by atoms with Crippen LogP contribution in [-0.4, -0.2) is 37.5 Å². The van der Waals surface area contributed by atoms with E-state index < -0.39 is 5.72 Å². The fourth-order valence-corrected chi connectivity index (χ4v) is 8.05. The third-order valence-corrected chi connectivity index (χ3v) is 11.0. The molecule has 0 amide bonds. The van der Waals surface area contributed by atoms with Gasteiger partial charge in [-0.25, -0.2) is 0 Å². The number of carbonyl (C=O) groups is 1. The smallest absolute Gasteiger partial charge is 0.228 e. The number of allylic oxidation sites excluding steroid dienone is 2. The van der Waals surface area contributed by atoms with Crippen LogP contribution in [0.1, 0.15) is 49.9 Å². The van der Waals surface area contributed by atoms with E-state index in [4.69, 9.17) is 9.73 Å². The Labute approximate surface area is 341 Å². The van der Waals surface area contributed by atoms with E-state index in [0.717, 1.165) is 33.6 Å². The van der Waals surface area contributed by atoms with Gasteiger partial charge in [-0.1, -0.05) is 111 Å². The van der Waals surface area contributed by atoms with E-state index in [-0.39, 0.29) is 66.3 Å². The molecule has 3 heterocycles. The van der Waals surface area contributed by atoms with Crippen molar-refractivity contribution in [1.82, 2.24) is 0 Å². The Morgan fingerprint density at radius 3 is 2.15 bits per heavy atom. The van der Waals surface area contributed by atoms with E-state index in [1.165, 1.54) is 27.9 Å². The van der Waals surface area contributed by atoms with Crippen molar-refractivity contribution in [3.05, 3.63) is 149 Å². The van der Waals surface area contributed by atoms with Gasteiger partial charge in [-0.2, -0.15) is 0 Å². The summed E-state index contributed by atoms with van der Waals surface area (Å²) in [6.45, 7) is 8.84. The molecule has 1 spiro atoms. The summed E-state index contributed by atoms with van der Waals surface area (Å²) in [5.74, 6) is 0.792. The quantitative estimate of drug-likeness (QED) is 0.168. The van der Waals surface area contributed by atoms with Crippen LogP contribution in [-0.2, 0) is 34.2 Å². The number of nitrogens with zero attached hydrogens (tertiary/aromatic N) is 4. The fourth-order valence-electron chi connectivity index (χ4n) is 8.05. The molecule has 1 radical (unpaired) electrons. The van der Waals surface area contributed by atoms with Crippen LogP contribution in [0.4, 0.5) is 17.1 Å². The predicted molar refractivity (Wildman–Crippen MR) is 206 cm³/mol. The SMILES string of the molecule is CN1/C(=C/N=C2C(=O)C=Cc3ccccc32)C(C)(C)c2ccccc21.CN1c2ccccc2C(C)(C)C12C=Nc1c(ccc3ccccc13)O2.[U].[V]. The second kappa shape index (κ2) is 14.0. The van der Waals surface area contributed by atoms with Gasteiger partial charge in [0.25, 0.3) is 0 Å². The van der Waals surface area contributed by atoms with Gasteiger partial charge in [-0.15, -0.1) is 0 Å². The molecule has 257 valence electrons. The van der Waals surface area contributed by atoms with Gasteiger partial charge in [0.2, 0.25) is 11.5 Å². The molecule has 52 heavy (non-hydrogen) atoms. The largest absolute Gasteiger partial charge is 0.459 e. The monoisotopic (exact) mass is 945 g/mol. The maximum Gasteiger partial charge on any atom is 0.228 e. The van der Waals surface area contributed by atoms with Gasteiger partial charge >= 0.3 is 0 Å². The molecule has 4 aliphatic rings. The number of hydrogen-bond donors (Lipinski definition) is 0. The Hall–Kier alpha value is -4.11. The molecule has 0 bridgehead atoms. The van der Waals surface area contributed by atoms with E-state index in [1.54, 1.807) is 6.08 Å². The molecule has 0 saturated heterocycles. The third kappa shape index (κ3) is 5.74. The van der Waals surface area contributed by atoms with E-state index >= 15 is 0 Å². The number of aliphatic imine (C=N–C) groups is 2. The Kier molecular flexibility index (Phi) is 10.2. The molecule has 0 saturated carbocycles. The zero-order chi connectivity index (χ0) is 34.8. The summed E-state index contributed by atoms with van der Waals surface area (Å²) in [5, 5.41) is 2.31. The standard InChI is InChI=1S/2C22H20N2O.U.V/c1-21(2)17-10-6-7-11-18(17)24(3)22(21)14-23-20-16-9-5-4-8-15(16)12-13-19(20)25-22;1-22(2)17-10-6-7-11-18(17)24(3)20(22)14-23-21-16-9-5-4-8-15(16)12-13-19(21)25;;/h2*4-14H,1-3H3;;/b;20-14+,23-21?;;. The number of para-hydroxylation sites is 2. The van der Waals surface area contributed by atoms with Crippen LogP contribution in [0.15, 0.2) is 137 Å². The average molecular weight is 946 g/mol. The Bertz CT molecular complexity index is 2340. The van der Waals surface area contributed by atoms with Crippen molar-refractivity contribution < 1.29 is 59.2 Å². The number of anilines is 2. The summed E-state index contributed by atoms with van der Waals surface area (Å²) in [7, 11) is 4.14. The van der Waals surface area contributed by atoms with Gasteiger partial charge in [0, 0.05) is 103 Å². The minimum absolute atomic E-state index is 0. The van der Waals surface area contributed by atoms with Gasteiger partial charge < -0.3 is 14.5 Å². The predicted octanol–water partition coefficient (Wildman–Crippen LogP) is 9.40. The van der Waals surface area contributed by atoms with Crippen molar-refractivity contribution in [3.8, 4) is 5.75 Å². The summed E-state index contributed by atoms with van der Waals surface area (Å²) in [6, 6.07) is 37.2. The van der Waals surface area contributed by atoms with Gasteiger partial charge in [-0.05, 0) is 60.2 Å². The number of ether oxygens (including phenoxy) is 1. The first-order valence-electron chi connectivity index (χ1n) is 17.1. The molecule has 5 aromatic carbocycles. The minimum atomic E-state index is -0.619.